The molecule has 1 aliphatic heterocycles. The molecule has 1 aliphatic carbocycles. The lowest BCUT2D eigenvalue weighted by atomic mass is 9.71. The summed E-state index contributed by atoms with van der Waals surface area (Å²) in [5.74, 6) is 0.991. The van der Waals surface area contributed by atoms with Gasteiger partial charge in [-0.25, -0.2) is 0 Å². The maximum absolute atomic E-state index is 12.2. The third kappa shape index (κ3) is 3.70. The Hall–Kier alpha value is -3.44. The van der Waals surface area contributed by atoms with Gasteiger partial charge in [-0.1, -0.05) is 42.5 Å². The van der Waals surface area contributed by atoms with Gasteiger partial charge < -0.3 is 25.0 Å². The van der Waals surface area contributed by atoms with Crippen molar-refractivity contribution in [3.8, 4) is 17.6 Å². The number of methoxy groups -OCH3 is 1. The Labute approximate surface area is 199 Å². The molecule has 0 amide bonds. The first-order valence-corrected chi connectivity index (χ1v) is 11.3. The van der Waals surface area contributed by atoms with E-state index in [0.29, 0.717) is 35.6 Å². The van der Waals surface area contributed by atoms with Crippen LogP contribution in [0.3, 0.4) is 0 Å². The number of hydrogen-bond donors (Lipinski definition) is 3. The summed E-state index contributed by atoms with van der Waals surface area (Å²) in [6.07, 6.45) is 4.54. The first kappa shape index (κ1) is 23.7. The zero-order chi connectivity index (χ0) is 24.2. The first-order chi connectivity index (χ1) is 16.6. The number of nitrogens with zero attached hydrogens (tertiary/aromatic N) is 2. The Morgan fingerprint density at radius 2 is 1.91 bits per heavy atom. The molecule has 2 heterocycles. The second kappa shape index (κ2) is 9.82. The van der Waals surface area contributed by atoms with Crippen molar-refractivity contribution in [2.75, 3.05) is 27.3 Å². The quantitative estimate of drug-likeness (QED) is 0.538. The van der Waals surface area contributed by atoms with Crippen LogP contribution in [0.5, 0.6) is 11.5 Å². The third-order valence-electron chi connectivity index (χ3n) is 6.69. The number of aliphatic hydroxyl groups excluding tert-OH is 1. The first-order valence-electron chi connectivity index (χ1n) is 11.3. The molecule has 0 spiro atoms. The average molecular weight is 460 g/mol. The average Bonchev–Trinajstić information content (AvgIpc) is 3.32. The summed E-state index contributed by atoms with van der Waals surface area (Å²) in [7, 11) is 3.38. The molecule has 176 valence electrons. The number of likely N-dealkylation sites (N-methyl/N-ethyl adjacent to an activating group) is 1. The highest BCUT2D eigenvalue weighted by Gasteiger charge is 2.69. The number of rotatable bonds is 5. The van der Waals surface area contributed by atoms with Crippen molar-refractivity contribution in [1.29, 1.82) is 5.26 Å². The molecule has 7 nitrogen and oxygen atoms in total. The number of pyridine rings is 1. The van der Waals surface area contributed by atoms with E-state index in [9.17, 15) is 10.4 Å². The standard InChI is InChI=1S/C24H20N2O3.C3H9NO/c1-28-20-14-26-15-21-22(20)23(27)12-11-19(17-5-3-2-4-6-17)24(23,29-21)18-9-7-16(13-25)8-10-18;1-4-2-3-5/h2-10,14-15,19,27H,11-12H2,1H3;4-5H,2-3H2,1H3/t19-,23+,24-;/m0./s1. The van der Waals surface area contributed by atoms with Crippen LogP contribution in [0.1, 0.15) is 41.0 Å². The summed E-state index contributed by atoms with van der Waals surface area (Å²) < 4.78 is 12.2. The Kier molecular flexibility index (Phi) is 6.85. The van der Waals surface area contributed by atoms with Crippen LogP contribution in [0, 0.1) is 11.3 Å². The summed E-state index contributed by atoms with van der Waals surface area (Å²) in [4.78, 5) is 4.23. The molecule has 3 aromatic rings. The molecule has 1 saturated carbocycles. The minimum Gasteiger partial charge on any atom is -0.495 e. The van der Waals surface area contributed by atoms with Crippen LogP contribution in [-0.4, -0.2) is 42.5 Å². The molecule has 0 saturated heterocycles. The molecular weight excluding hydrogens is 430 g/mol. The normalized spacial score (nSPS) is 24.1. The van der Waals surface area contributed by atoms with Gasteiger partial charge in [-0.05, 0) is 43.1 Å². The van der Waals surface area contributed by atoms with Gasteiger partial charge in [-0.3, -0.25) is 4.98 Å². The van der Waals surface area contributed by atoms with Crippen LogP contribution >= 0.6 is 0 Å². The van der Waals surface area contributed by atoms with E-state index in [1.165, 1.54) is 0 Å². The molecule has 3 atom stereocenters. The van der Waals surface area contributed by atoms with Crippen molar-refractivity contribution >= 4 is 0 Å². The van der Waals surface area contributed by atoms with Gasteiger partial charge in [0.1, 0.15) is 17.1 Å². The fourth-order valence-corrected chi connectivity index (χ4v) is 5.22. The number of aliphatic hydroxyl groups is 2. The number of nitriles is 1. The monoisotopic (exact) mass is 459 g/mol. The van der Waals surface area contributed by atoms with Gasteiger partial charge in [-0.15, -0.1) is 0 Å². The van der Waals surface area contributed by atoms with E-state index < -0.39 is 11.2 Å². The smallest absolute Gasteiger partial charge is 0.174 e. The number of nitrogens with one attached hydrogen (secondary N) is 1. The molecule has 2 aliphatic rings. The third-order valence-corrected chi connectivity index (χ3v) is 6.69. The van der Waals surface area contributed by atoms with Gasteiger partial charge in [0.25, 0.3) is 0 Å². The molecule has 1 aromatic heterocycles. The fraction of sp³-hybridized carbons (Fsp3) is 0.333. The molecular formula is C27H29N3O4. The van der Waals surface area contributed by atoms with E-state index >= 15 is 0 Å². The van der Waals surface area contributed by atoms with E-state index in [2.05, 4.69) is 28.5 Å². The number of hydrogen-bond acceptors (Lipinski definition) is 7. The topological polar surface area (TPSA) is 108 Å². The zero-order valence-electron chi connectivity index (χ0n) is 19.4. The maximum Gasteiger partial charge on any atom is 0.174 e. The van der Waals surface area contributed by atoms with Crippen molar-refractivity contribution in [2.24, 2.45) is 0 Å². The van der Waals surface area contributed by atoms with E-state index in [1.807, 2.05) is 30.3 Å². The van der Waals surface area contributed by atoms with Crippen molar-refractivity contribution < 1.29 is 19.7 Å². The Balaban J connectivity index is 0.000000499. The zero-order valence-corrected chi connectivity index (χ0v) is 19.4. The van der Waals surface area contributed by atoms with Crippen LogP contribution in [0.15, 0.2) is 67.0 Å². The van der Waals surface area contributed by atoms with Crippen LogP contribution in [0.25, 0.3) is 0 Å². The van der Waals surface area contributed by atoms with Crippen molar-refractivity contribution in [3.05, 3.63) is 89.2 Å². The second-order valence-corrected chi connectivity index (χ2v) is 8.43. The molecule has 3 N–H and O–H groups in total. The van der Waals surface area contributed by atoms with E-state index in [-0.39, 0.29) is 12.5 Å². The Morgan fingerprint density at radius 1 is 1.18 bits per heavy atom. The lowest BCUT2D eigenvalue weighted by molar-refractivity contribution is -0.106. The highest BCUT2D eigenvalue weighted by Crippen LogP contribution is 2.67. The fourth-order valence-electron chi connectivity index (χ4n) is 5.22. The summed E-state index contributed by atoms with van der Waals surface area (Å²) in [6, 6.07) is 19.6. The molecule has 0 radical (unpaired) electrons. The number of aromatic nitrogens is 1. The molecule has 1 fully saturated rings. The van der Waals surface area contributed by atoms with Gasteiger partial charge in [0.05, 0.1) is 43.3 Å². The minimum absolute atomic E-state index is 0.0706. The minimum atomic E-state index is -1.27. The van der Waals surface area contributed by atoms with Gasteiger partial charge in [0, 0.05) is 12.5 Å². The molecule has 5 rings (SSSR count). The van der Waals surface area contributed by atoms with E-state index in [1.54, 1.807) is 38.7 Å². The largest absolute Gasteiger partial charge is 0.495 e. The summed E-state index contributed by atoms with van der Waals surface area (Å²) in [6.45, 7) is 0.927. The SMILES string of the molecule is CNCCO.COc1cncc2c1[C@]1(O)CC[C@@H](c3ccccc3)[C@]1(c1ccc(C#N)cc1)O2. The van der Waals surface area contributed by atoms with Crippen molar-refractivity contribution in [2.45, 2.75) is 30.0 Å². The van der Waals surface area contributed by atoms with Gasteiger partial charge in [0.2, 0.25) is 0 Å². The highest BCUT2D eigenvalue weighted by atomic mass is 16.5. The number of benzene rings is 2. The molecule has 0 bridgehead atoms. The van der Waals surface area contributed by atoms with Crippen LogP contribution in [0.4, 0.5) is 0 Å². The molecule has 7 heteroatoms. The van der Waals surface area contributed by atoms with E-state index in [0.717, 1.165) is 17.5 Å². The summed E-state index contributed by atoms with van der Waals surface area (Å²) in [5.41, 5.74) is 0.860. The lowest BCUT2D eigenvalue weighted by Gasteiger charge is -2.40. The maximum atomic E-state index is 12.2. The highest BCUT2D eigenvalue weighted by molar-refractivity contribution is 5.57. The van der Waals surface area contributed by atoms with Crippen LogP contribution in [0.2, 0.25) is 0 Å². The Bertz CT molecular complexity index is 1160. The van der Waals surface area contributed by atoms with E-state index in [4.69, 9.17) is 14.6 Å². The molecule has 0 unspecified atom stereocenters. The lowest BCUT2D eigenvalue weighted by Crippen LogP contribution is -2.48. The molecule has 34 heavy (non-hydrogen) atoms. The summed E-state index contributed by atoms with van der Waals surface area (Å²) in [5, 5.41) is 32.1. The van der Waals surface area contributed by atoms with Crippen LogP contribution in [-0.2, 0) is 11.2 Å². The van der Waals surface area contributed by atoms with Crippen LogP contribution < -0.4 is 14.8 Å². The second-order valence-electron chi connectivity index (χ2n) is 8.43. The van der Waals surface area contributed by atoms with Gasteiger partial charge >= 0.3 is 0 Å². The van der Waals surface area contributed by atoms with Crippen molar-refractivity contribution in [1.82, 2.24) is 10.3 Å². The predicted molar refractivity (Wildman–Crippen MR) is 128 cm³/mol. The predicted octanol–water partition coefficient (Wildman–Crippen LogP) is 3.21. The van der Waals surface area contributed by atoms with Gasteiger partial charge in [-0.2, -0.15) is 5.26 Å². The summed E-state index contributed by atoms with van der Waals surface area (Å²) >= 11 is 0. The molecule has 2 aromatic carbocycles. The number of ether oxygens (including phenoxy) is 2. The number of fused-ring (bicyclic) bond motifs is 3. The van der Waals surface area contributed by atoms with Crippen molar-refractivity contribution in [3.63, 3.8) is 0 Å². The Morgan fingerprint density at radius 3 is 2.50 bits per heavy atom. The van der Waals surface area contributed by atoms with Gasteiger partial charge in [0.15, 0.2) is 5.60 Å².